The van der Waals surface area contributed by atoms with Crippen LogP contribution in [0.25, 0.3) is 0 Å². The molecule has 1 aromatic rings. The number of hydrogen-bond donors (Lipinski definition) is 2. The van der Waals surface area contributed by atoms with Gasteiger partial charge in [0.15, 0.2) is 0 Å². The highest BCUT2D eigenvalue weighted by Gasteiger charge is 2.08. The third-order valence-electron chi connectivity index (χ3n) is 2.56. The van der Waals surface area contributed by atoms with Crippen molar-refractivity contribution in [1.82, 2.24) is 15.2 Å². The molecule has 1 rings (SSSR count). The van der Waals surface area contributed by atoms with E-state index in [1.807, 2.05) is 25.4 Å². The highest BCUT2D eigenvalue weighted by molar-refractivity contribution is 5.07. The predicted molar refractivity (Wildman–Crippen MR) is 71.3 cm³/mol. The van der Waals surface area contributed by atoms with Gasteiger partial charge in [-0.1, -0.05) is 6.07 Å². The first-order valence-electron chi connectivity index (χ1n) is 6.17. The quantitative estimate of drug-likeness (QED) is 0.612. The standard InChI is InChI=1S/C13H23N3O2/c1-16(10-12-4-3-5-14-8-12)11-13(17)9-15-6-7-18-2/h3-5,8,13,15,17H,6-7,9-11H2,1-2H3. The maximum absolute atomic E-state index is 9.84. The van der Waals surface area contributed by atoms with E-state index in [0.717, 1.165) is 18.7 Å². The van der Waals surface area contributed by atoms with E-state index in [-0.39, 0.29) is 6.10 Å². The summed E-state index contributed by atoms with van der Waals surface area (Å²) in [5.74, 6) is 0. The average molecular weight is 253 g/mol. The number of nitrogens with one attached hydrogen (secondary N) is 1. The normalized spacial score (nSPS) is 12.9. The van der Waals surface area contributed by atoms with Crippen molar-refractivity contribution in [1.29, 1.82) is 0 Å². The molecular formula is C13H23N3O2. The van der Waals surface area contributed by atoms with Gasteiger partial charge in [-0.05, 0) is 18.7 Å². The summed E-state index contributed by atoms with van der Waals surface area (Å²) in [5, 5.41) is 13.0. The van der Waals surface area contributed by atoms with Gasteiger partial charge in [-0.3, -0.25) is 9.88 Å². The van der Waals surface area contributed by atoms with Gasteiger partial charge in [-0.15, -0.1) is 0 Å². The van der Waals surface area contributed by atoms with Gasteiger partial charge in [0.1, 0.15) is 0 Å². The van der Waals surface area contributed by atoms with Crippen molar-refractivity contribution in [2.75, 3.05) is 40.4 Å². The van der Waals surface area contributed by atoms with Crippen LogP contribution in [0.4, 0.5) is 0 Å². The Morgan fingerprint density at radius 1 is 1.56 bits per heavy atom. The Labute approximate surface area is 109 Å². The van der Waals surface area contributed by atoms with Crippen LogP contribution in [0.1, 0.15) is 5.56 Å². The smallest absolute Gasteiger partial charge is 0.0791 e. The highest BCUT2D eigenvalue weighted by Crippen LogP contribution is 2.01. The maximum atomic E-state index is 9.84. The van der Waals surface area contributed by atoms with Crippen molar-refractivity contribution in [2.24, 2.45) is 0 Å². The number of ether oxygens (including phenoxy) is 1. The second-order valence-corrected chi connectivity index (χ2v) is 4.41. The first-order chi connectivity index (χ1) is 8.72. The number of aromatic nitrogens is 1. The fourth-order valence-corrected chi connectivity index (χ4v) is 1.74. The van der Waals surface area contributed by atoms with Crippen LogP contribution in [0.2, 0.25) is 0 Å². The lowest BCUT2D eigenvalue weighted by molar-refractivity contribution is 0.117. The lowest BCUT2D eigenvalue weighted by atomic mass is 10.2. The molecule has 2 N–H and O–H groups in total. The molecule has 0 spiro atoms. The number of aliphatic hydroxyl groups is 1. The molecule has 0 saturated heterocycles. The first kappa shape index (κ1) is 15.0. The van der Waals surface area contributed by atoms with Gasteiger partial charge >= 0.3 is 0 Å². The van der Waals surface area contributed by atoms with Crippen molar-refractivity contribution in [2.45, 2.75) is 12.6 Å². The number of aliphatic hydroxyl groups excluding tert-OH is 1. The summed E-state index contributed by atoms with van der Waals surface area (Å²) >= 11 is 0. The summed E-state index contributed by atoms with van der Waals surface area (Å²) in [6, 6.07) is 3.96. The van der Waals surface area contributed by atoms with Gasteiger partial charge in [0.25, 0.3) is 0 Å². The molecule has 1 aromatic heterocycles. The Bertz CT molecular complexity index is 308. The van der Waals surface area contributed by atoms with Crippen LogP contribution in [-0.2, 0) is 11.3 Å². The van der Waals surface area contributed by atoms with Crippen LogP contribution in [0.5, 0.6) is 0 Å². The topological polar surface area (TPSA) is 57.6 Å². The summed E-state index contributed by atoms with van der Waals surface area (Å²) in [6.45, 7) is 3.44. The van der Waals surface area contributed by atoms with Gasteiger partial charge in [0.2, 0.25) is 0 Å². The van der Waals surface area contributed by atoms with Crippen molar-refractivity contribution in [3.8, 4) is 0 Å². The molecule has 0 aliphatic heterocycles. The van der Waals surface area contributed by atoms with E-state index in [0.29, 0.717) is 19.7 Å². The molecule has 18 heavy (non-hydrogen) atoms. The maximum Gasteiger partial charge on any atom is 0.0791 e. The molecule has 5 heteroatoms. The minimum Gasteiger partial charge on any atom is -0.390 e. The molecule has 0 aliphatic carbocycles. The van der Waals surface area contributed by atoms with Gasteiger partial charge in [0, 0.05) is 45.7 Å². The van der Waals surface area contributed by atoms with Gasteiger partial charge in [0.05, 0.1) is 12.7 Å². The van der Waals surface area contributed by atoms with Crippen molar-refractivity contribution >= 4 is 0 Å². The lowest BCUT2D eigenvalue weighted by Crippen LogP contribution is -2.37. The van der Waals surface area contributed by atoms with Crippen molar-refractivity contribution < 1.29 is 9.84 Å². The minimum absolute atomic E-state index is 0.372. The molecule has 102 valence electrons. The van der Waals surface area contributed by atoms with Gasteiger partial charge < -0.3 is 15.2 Å². The summed E-state index contributed by atoms with van der Waals surface area (Å²) in [5.41, 5.74) is 1.15. The summed E-state index contributed by atoms with van der Waals surface area (Å²) in [7, 11) is 3.66. The Balaban J connectivity index is 2.17. The predicted octanol–water partition coefficient (Wildman–Crippen LogP) is 0.110. The van der Waals surface area contributed by atoms with Crippen molar-refractivity contribution in [3.05, 3.63) is 30.1 Å². The van der Waals surface area contributed by atoms with E-state index < -0.39 is 0 Å². The van der Waals surface area contributed by atoms with Crippen LogP contribution < -0.4 is 5.32 Å². The van der Waals surface area contributed by atoms with E-state index in [1.165, 1.54) is 0 Å². The van der Waals surface area contributed by atoms with Gasteiger partial charge in [-0.2, -0.15) is 0 Å². The molecule has 0 fully saturated rings. The van der Waals surface area contributed by atoms with Crippen molar-refractivity contribution in [3.63, 3.8) is 0 Å². The third kappa shape index (κ3) is 6.66. The van der Waals surface area contributed by atoms with Crippen LogP contribution in [0.3, 0.4) is 0 Å². The van der Waals surface area contributed by atoms with Crippen LogP contribution >= 0.6 is 0 Å². The fraction of sp³-hybridized carbons (Fsp3) is 0.615. The van der Waals surface area contributed by atoms with E-state index in [1.54, 1.807) is 13.3 Å². The summed E-state index contributed by atoms with van der Waals surface area (Å²) < 4.78 is 4.92. The largest absolute Gasteiger partial charge is 0.390 e. The molecular weight excluding hydrogens is 230 g/mol. The molecule has 0 aromatic carbocycles. The van der Waals surface area contributed by atoms with E-state index in [2.05, 4.69) is 15.2 Å². The number of methoxy groups -OCH3 is 1. The molecule has 1 heterocycles. The highest BCUT2D eigenvalue weighted by atomic mass is 16.5. The molecule has 0 saturated carbocycles. The van der Waals surface area contributed by atoms with E-state index in [9.17, 15) is 5.11 Å². The molecule has 1 unspecified atom stereocenters. The Kier molecular flexibility index (Phi) is 7.52. The van der Waals surface area contributed by atoms with Crippen LogP contribution in [0.15, 0.2) is 24.5 Å². The summed E-state index contributed by atoms with van der Waals surface area (Å²) in [4.78, 5) is 6.15. The SMILES string of the molecule is COCCNCC(O)CN(C)Cc1cccnc1. The fourth-order valence-electron chi connectivity index (χ4n) is 1.74. The Morgan fingerprint density at radius 2 is 2.39 bits per heavy atom. The number of pyridine rings is 1. The summed E-state index contributed by atoms with van der Waals surface area (Å²) in [6.07, 6.45) is 3.24. The third-order valence-corrected chi connectivity index (χ3v) is 2.56. The van der Waals surface area contributed by atoms with E-state index in [4.69, 9.17) is 4.74 Å². The van der Waals surface area contributed by atoms with Crippen LogP contribution in [-0.4, -0.2) is 61.5 Å². The first-order valence-corrected chi connectivity index (χ1v) is 6.17. The molecule has 0 aliphatic rings. The number of rotatable bonds is 9. The average Bonchev–Trinajstić information content (AvgIpc) is 2.35. The molecule has 5 nitrogen and oxygen atoms in total. The Morgan fingerprint density at radius 3 is 3.06 bits per heavy atom. The minimum atomic E-state index is -0.372. The molecule has 0 bridgehead atoms. The zero-order valence-corrected chi connectivity index (χ0v) is 11.2. The monoisotopic (exact) mass is 253 g/mol. The van der Waals surface area contributed by atoms with Crippen LogP contribution in [0, 0.1) is 0 Å². The molecule has 0 amide bonds. The number of likely N-dealkylation sites (N-methyl/N-ethyl adjacent to an activating group) is 1. The zero-order valence-electron chi connectivity index (χ0n) is 11.2. The number of hydrogen-bond acceptors (Lipinski definition) is 5. The zero-order chi connectivity index (χ0) is 13.2. The second kappa shape index (κ2) is 8.99. The lowest BCUT2D eigenvalue weighted by Gasteiger charge is -2.20. The molecule has 1 atom stereocenters. The second-order valence-electron chi connectivity index (χ2n) is 4.41. The molecule has 0 radical (unpaired) electrons. The Hall–Kier alpha value is -1.01. The number of nitrogens with zero attached hydrogens (tertiary/aromatic N) is 2. The van der Waals surface area contributed by atoms with E-state index >= 15 is 0 Å². The van der Waals surface area contributed by atoms with Gasteiger partial charge in [-0.25, -0.2) is 0 Å².